The average molecular weight is 168 g/mol. The Morgan fingerprint density at radius 1 is 1.33 bits per heavy atom. The van der Waals surface area contributed by atoms with Gasteiger partial charge in [0.15, 0.2) is 0 Å². The van der Waals surface area contributed by atoms with Crippen molar-refractivity contribution in [1.82, 2.24) is 10.2 Å². The molecule has 0 fully saturated rings. The van der Waals surface area contributed by atoms with E-state index in [-0.39, 0.29) is 0 Å². The first-order valence-electron chi connectivity index (χ1n) is 4.36. The van der Waals surface area contributed by atoms with E-state index in [0.29, 0.717) is 6.73 Å². The van der Waals surface area contributed by atoms with E-state index in [1.54, 1.807) is 0 Å². The van der Waals surface area contributed by atoms with Crippen LogP contribution in [0.15, 0.2) is 24.8 Å². The smallest absolute Gasteiger partial charge is 0.122 e. The molecule has 0 aromatic rings. The largest absolute Gasteiger partial charge is 0.365 e. The standard InChI is InChI=1S/C9H16N2O/c1-2-3-8-12-9-11-6-4-10-5-7-11/h4-7,10H,2-3,8-9H2,1H3. The van der Waals surface area contributed by atoms with Crippen molar-refractivity contribution >= 4 is 0 Å². The molecule has 0 atom stereocenters. The minimum atomic E-state index is 0.648. The summed E-state index contributed by atoms with van der Waals surface area (Å²) in [7, 11) is 0. The zero-order valence-electron chi connectivity index (χ0n) is 7.49. The van der Waals surface area contributed by atoms with Crippen LogP contribution in [-0.4, -0.2) is 18.2 Å². The maximum absolute atomic E-state index is 5.41. The van der Waals surface area contributed by atoms with Crippen molar-refractivity contribution in [2.75, 3.05) is 13.3 Å². The molecule has 68 valence electrons. The monoisotopic (exact) mass is 168 g/mol. The summed E-state index contributed by atoms with van der Waals surface area (Å²) in [5.41, 5.74) is 0. The Balaban J connectivity index is 2.02. The summed E-state index contributed by atoms with van der Waals surface area (Å²) in [6.45, 7) is 3.66. The lowest BCUT2D eigenvalue weighted by Gasteiger charge is -2.17. The zero-order chi connectivity index (χ0) is 8.65. The molecule has 0 aromatic heterocycles. The highest BCUT2D eigenvalue weighted by molar-refractivity contribution is 4.97. The van der Waals surface area contributed by atoms with Crippen LogP contribution < -0.4 is 5.32 Å². The summed E-state index contributed by atoms with van der Waals surface area (Å²) in [6, 6.07) is 0. The molecule has 0 bridgehead atoms. The SMILES string of the molecule is CCCCOCN1C=CNC=C1. The van der Waals surface area contributed by atoms with Crippen LogP contribution in [0.4, 0.5) is 0 Å². The summed E-state index contributed by atoms with van der Waals surface area (Å²) in [5.74, 6) is 0. The first kappa shape index (κ1) is 9.13. The van der Waals surface area contributed by atoms with Crippen molar-refractivity contribution in [2.45, 2.75) is 19.8 Å². The number of ether oxygens (including phenoxy) is 1. The fraction of sp³-hybridized carbons (Fsp3) is 0.556. The van der Waals surface area contributed by atoms with Gasteiger partial charge in [-0.1, -0.05) is 13.3 Å². The van der Waals surface area contributed by atoms with E-state index in [4.69, 9.17) is 4.74 Å². The number of unbranched alkanes of at least 4 members (excludes halogenated alkanes) is 1. The van der Waals surface area contributed by atoms with E-state index in [1.165, 1.54) is 6.42 Å². The molecule has 3 nitrogen and oxygen atoms in total. The molecule has 0 aliphatic carbocycles. The topological polar surface area (TPSA) is 24.5 Å². The lowest BCUT2D eigenvalue weighted by Crippen LogP contribution is -2.19. The van der Waals surface area contributed by atoms with Crippen LogP contribution in [0.1, 0.15) is 19.8 Å². The van der Waals surface area contributed by atoms with Crippen LogP contribution in [-0.2, 0) is 4.74 Å². The molecule has 12 heavy (non-hydrogen) atoms. The number of hydrogen-bond donors (Lipinski definition) is 1. The second-order valence-electron chi connectivity index (χ2n) is 2.70. The number of nitrogens with zero attached hydrogens (tertiary/aromatic N) is 1. The van der Waals surface area contributed by atoms with Gasteiger partial charge in [-0.3, -0.25) is 0 Å². The van der Waals surface area contributed by atoms with Crippen LogP contribution >= 0.6 is 0 Å². The molecule has 1 N–H and O–H groups in total. The third-order valence-corrected chi connectivity index (χ3v) is 1.61. The summed E-state index contributed by atoms with van der Waals surface area (Å²) < 4.78 is 5.41. The van der Waals surface area contributed by atoms with Gasteiger partial charge in [0.05, 0.1) is 0 Å². The first-order valence-corrected chi connectivity index (χ1v) is 4.36. The highest BCUT2D eigenvalue weighted by Crippen LogP contribution is 1.96. The van der Waals surface area contributed by atoms with Gasteiger partial charge in [-0.2, -0.15) is 0 Å². The molecule has 0 saturated heterocycles. The van der Waals surface area contributed by atoms with E-state index in [1.807, 2.05) is 29.7 Å². The van der Waals surface area contributed by atoms with Gasteiger partial charge in [0, 0.05) is 31.4 Å². The number of hydrogen-bond acceptors (Lipinski definition) is 3. The van der Waals surface area contributed by atoms with Crippen LogP contribution in [0.25, 0.3) is 0 Å². The predicted octanol–water partition coefficient (Wildman–Crippen LogP) is 1.61. The van der Waals surface area contributed by atoms with E-state index in [2.05, 4.69) is 12.2 Å². The predicted molar refractivity (Wildman–Crippen MR) is 49.0 cm³/mol. The maximum atomic E-state index is 5.41. The Morgan fingerprint density at radius 3 is 2.75 bits per heavy atom. The van der Waals surface area contributed by atoms with Crippen molar-refractivity contribution in [1.29, 1.82) is 0 Å². The van der Waals surface area contributed by atoms with Gasteiger partial charge >= 0.3 is 0 Å². The van der Waals surface area contributed by atoms with Crippen LogP contribution in [0.5, 0.6) is 0 Å². The molecule has 1 rings (SSSR count). The lowest BCUT2D eigenvalue weighted by atomic mass is 10.4. The Labute approximate surface area is 73.7 Å². The summed E-state index contributed by atoms with van der Waals surface area (Å²) in [4.78, 5) is 1.99. The van der Waals surface area contributed by atoms with E-state index in [9.17, 15) is 0 Å². The highest BCUT2D eigenvalue weighted by Gasteiger charge is 1.95. The molecule has 0 amide bonds. The molecule has 0 aromatic carbocycles. The van der Waals surface area contributed by atoms with Crippen molar-refractivity contribution < 1.29 is 4.74 Å². The summed E-state index contributed by atoms with van der Waals surface area (Å²) >= 11 is 0. The number of nitrogens with one attached hydrogen (secondary N) is 1. The van der Waals surface area contributed by atoms with Gasteiger partial charge in [-0.05, 0) is 6.42 Å². The van der Waals surface area contributed by atoms with E-state index >= 15 is 0 Å². The zero-order valence-corrected chi connectivity index (χ0v) is 7.49. The summed E-state index contributed by atoms with van der Waals surface area (Å²) in [6.07, 6.45) is 9.98. The van der Waals surface area contributed by atoms with Gasteiger partial charge in [-0.15, -0.1) is 0 Å². The van der Waals surface area contributed by atoms with Crippen molar-refractivity contribution in [2.24, 2.45) is 0 Å². The molecule has 1 aliphatic heterocycles. The van der Waals surface area contributed by atoms with E-state index in [0.717, 1.165) is 13.0 Å². The van der Waals surface area contributed by atoms with E-state index < -0.39 is 0 Å². The Kier molecular flexibility index (Phi) is 4.31. The fourth-order valence-corrected chi connectivity index (χ4v) is 0.885. The minimum Gasteiger partial charge on any atom is -0.365 e. The fourth-order valence-electron chi connectivity index (χ4n) is 0.885. The Morgan fingerprint density at radius 2 is 2.08 bits per heavy atom. The highest BCUT2D eigenvalue weighted by atomic mass is 16.5. The lowest BCUT2D eigenvalue weighted by molar-refractivity contribution is 0.0722. The molecule has 1 heterocycles. The molecule has 3 heteroatoms. The minimum absolute atomic E-state index is 0.648. The second kappa shape index (κ2) is 5.66. The average Bonchev–Trinajstić information content (AvgIpc) is 2.14. The van der Waals surface area contributed by atoms with Crippen molar-refractivity contribution in [3.05, 3.63) is 24.8 Å². The van der Waals surface area contributed by atoms with Crippen LogP contribution in [0, 0.1) is 0 Å². The molecule has 1 aliphatic rings. The van der Waals surface area contributed by atoms with Gasteiger partial charge in [-0.25, -0.2) is 0 Å². The molecule has 0 unspecified atom stereocenters. The molecular formula is C9H16N2O. The Bertz CT molecular complexity index is 154. The summed E-state index contributed by atoms with van der Waals surface area (Å²) in [5, 5.41) is 2.96. The molecular weight excluding hydrogens is 152 g/mol. The van der Waals surface area contributed by atoms with Gasteiger partial charge in [0.25, 0.3) is 0 Å². The quantitative estimate of drug-likeness (QED) is 0.631. The third-order valence-electron chi connectivity index (χ3n) is 1.61. The number of rotatable bonds is 5. The van der Waals surface area contributed by atoms with Gasteiger partial charge in [0.2, 0.25) is 0 Å². The van der Waals surface area contributed by atoms with Gasteiger partial charge < -0.3 is 15.0 Å². The second-order valence-corrected chi connectivity index (χ2v) is 2.70. The van der Waals surface area contributed by atoms with Gasteiger partial charge in [0.1, 0.15) is 6.73 Å². The van der Waals surface area contributed by atoms with Crippen molar-refractivity contribution in [3.63, 3.8) is 0 Å². The molecule has 0 radical (unpaired) electrons. The third kappa shape index (κ3) is 3.44. The van der Waals surface area contributed by atoms with Crippen LogP contribution in [0.3, 0.4) is 0 Å². The molecule has 0 spiro atoms. The Hall–Kier alpha value is -0.960. The van der Waals surface area contributed by atoms with Crippen molar-refractivity contribution in [3.8, 4) is 0 Å². The maximum Gasteiger partial charge on any atom is 0.122 e. The first-order chi connectivity index (χ1) is 5.93. The van der Waals surface area contributed by atoms with Crippen LogP contribution in [0.2, 0.25) is 0 Å². The normalized spacial score (nSPS) is 14.9. The molecule has 0 saturated carbocycles.